The molecule has 8 aliphatic carbocycles. The van der Waals surface area contributed by atoms with Gasteiger partial charge in [0.2, 0.25) is 11.6 Å². The van der Waals surface area contributed by atoms with Crippen LogP contribution in [0.3, 0.4) is 0 Å². The summed E-state index contributed by atoms with van der Waals surface area (Å²) in [4.78, 5) is 76.4. The SMILES string of the molecule is C[C@@H]1CC2C3CC=C4C=C(OC(=O)c5ccccc5)C=C[C@]4(C)[C@@]34O[C@H]4C[C@]2(C)[C@@]1(O)C(=O)COC(=O)C(C)(C)C.C[C@@H]1CC2C3CCC4=CC(=O)C=C[C@]4(C)[C@@]34O[C@H]4C[C@]2(C)[C@@]1(O)C(=O)COC(=O)C(C)(C)C. The third-order valence-corrected chi connectivity index (χ3v) is 20.8. The number of Topliss-reactive ketones (excluding diaryl/α,β-unsaturated/α-hetero) is 2. The van der Waals surface area contributed by atoms with E-state index in [4.69, 9.17) is 23.7 Å². The molecule has 16 atom stereocenters. The van der Waals surface area contributed by atoms with Gasteiger partial charge in [-0.25, -0.2) is 4.79 Å². The number of ether oxygens (including phenoxy) is 5. The number of carbonyl (C=O) groups excluding carboxylic acids is 6. The van der Waals surface area contributed by atoms with Crippen LogP contribution in [0, 0.1) is 68.0 Å². The van der Waals surface area contributed by atoms with Crippen molar-refractivity contribution < 1.29 is 62.7 Å². The molecule has 0 amide bonds. The van der Waals surface area contributed by atoms with Gasteiger partial charge in [0.05, 0.1) is 28.6 Å². The lowest BCUT2D eigenvalue weighted by molar-refractivity contribution is -0.173. The van der Waals surface area contributed by atoms with Crippen LogP contribution < -0.4 is 0 Å². The molecule has 2 N–H and O–H groups in total. The van der Waals surface area contributed by atoms with Gasteiger partial charge in [-0.2, -0.15) is 0 Å². The number of hydrogen-bond donors (Lipinski definition) is 2. The van der Waals surface area contributed by atoms with E-state index < -0.39 is 86.6 Å². The van der Waals surface area contributed by atoms with Crippen LogP contribution in [-0.2, 0) is 47.7 Å². The van der Waals surface area contributed by atoms with Crippen molar-refractivity contribution in [2.45, 2.75) is 163 Å². The van der Waals surface area contributed by atoms with Gasteiger partial charge in [0.1, 0.15) is 28.2 Å². The van der Waals surface area contributed by atoms with Crippen LogP contribution >= 0.6 is 0 Å². The molecule has 13 nitrogen and oxygen atoms in total. The molecule has 11 rings (SSSR count). The Balaban J connectivity index is 0.000000173. The molecule has 74 heavy (non-hydrogen) atoms. The largest absolute Gasteiger partial charge is 0.457 e. The second-order valence-corrected chi connectivity index (χ2v) is 26.7. The molecule has 2 heterocycles. The number of esters is 3. The molecular formula is C61H76O13. The number of fused-ring (bicyclic) bond motifs is 6. The molecule has 2 spiro atoms. The quantitative estimate of drug-likeness (QED) is 0.143. The first-order valence-corrected chi connectivity index (χ1v) is 26.9. The minimum absolute atomic E-state index is 0.0365. The lowest BCUT2D eigenvalue weighted by atomic mass is 9.46. The maximum atomic E-state index is 13.6. The smallest absolute Gasteiger partial charge is 0.343 e. The van der Waals surface area contributed by atoms with Crippen molar-refractivity contribution in [2.24, 2.45) is 68.0 Å². The first kappa shape index (κ1) is 52.6. The van der Waals surface area contributed by atoms with Gasteiger partial charge in [0, 0.05) is 21.7 Å². The highest BCUT2D eigenvalue weighted by Gasteiger charge is 2.83. The summed E-state index contributed by atoms with van der Waals surface area (Å²) in [5.41, 5.74) is -4.86. The fraction of sp³-hybridized carbons (Fsp3) is 0.639. The summed E-state index contributed by atoms with van der Waals surface area (Å²) >= 11 is 0. The van der Waals surface area contributed by atoms with Gasteiger partial charge in [-0.3, -0.25) is 24.0 Å². The van der Waals surface area contributed by atoms with Crippen molar-refractivity contribution in [2.75, 3.05) is 13.2 Å². The van der Waals surface area contributed by atoms with Crippen molar-refractivity contribution in [1.29, 1.82) is 0 Å². The first-order chi connectivity index (χ1) is 34.4. The summed E-state index contributed by atoms with van der Waals surface area (Å²) < 4.78 is 29.6. The number of hydrogen-bond acceptors (Lipinski definition) is 13. The number of allylic oxidation sites excluding steroid dienone is 5. The number of ketones is 3. The van der Waals surface area contributed by atoms with E-state index in [0.29, 0.717) is 30.6 Å². The zero-order chi connectivity index (χ0) is 53.8. The Kier molecular flexibility index (Phi) is 12.0. The van der Waals surface area contributed by atoms with E-state index in [1.807, 2.05) is 52.0 Å². The van der Waals surface area contributed by atoms with Crippen LogP contribution in [0.25, 0.3) is 0 Å². The Hall–Kier alpha value is -4.82. The number of rotatable bonds is 8. The number of carbonyl (C=O) groups is 6. The number of epoxide rings is 2. The predicted octanol–water partition coefficient (Wildman–Crippen LogP) is 8.90. The molecule has 5 saturated carbocycles. The van der Waals surface area contributed by atoms with Gasteiger partial charge in [0.25, 0.3) is 0 Å². The van der Waals surface area contributed by atoms with Crippen LogP contribution in [0.1, 0.15) is 138 Å². The monoisotopic (exact) mass is 1020 g/mol. The number of aliphatic hydroxyl groups is 2. The van der Waals surface area contributed by atoms with Gasteiger partial charge in [0.15, 0.2) is 19.0 Å². The average Bonchev–Trinajstić information content (AvgIpc) is 4.23. The molecule has 4 unspecified atom stereocenters. The maximum Gasteiger partial charge on any atom is 0.343 e. The normalized spacial score (nSPS) is 43.5. The van der Waals surface area contributed by atoms with Crippen LogP contribution in [0.4, 0.5) is 0 Å². The molecule has 398 valence electrons. The Morgan fingerprint density at radius 2 is 1.18 bits per heavy atom. The molecule has 13 heteroatoms. The summed E-state index contributed by atoms with van der Waals surface area (Å²) in [6.07, 6.45) is 18.4. The summed E-state index contributed by atoms with van der Waals surface area (Å²) in [5, 5.41) is 24.1. The zero-order valence-electron chi connectivity index (χ0n) is 45.3. The van der Waals surface area contributed by atoms with E-state index in [2.05, 4.69) is 26.0 Å². The molecule has 1 aromatic rings. The third-order valence-electron chi connectivity index (χ3n) is 20.8. The van der Waals surface area contributed by atoms with Crippen LogP contribution in [0.5, 0.6) is 0 Å². The lowest BCUT2D eigenvalue weighted by Gasteiger charge is -2.55. The van der Waals surface area contributed by atoms with E-state index in [-0.39, 0.29) is 64.5 Å². The highest BCUT2D eigenvalue weighted by molar-refractivity contribution is 6.01. The van der Waals surface area contributed by atoms with Gasteiger partial charge in [-0.15, -0.1) is 0 Å². The Morgan fingerprint density at radius 3 is 1.70 bits per heavy atom. The molecule has 1 aromatic carbocycles. The van der Waals surface area contributed by atoms with Gasteiger partial charge in [-0.1, -0.05) is 69.7 Å². The van der Waals surface area contributed by atoms with Crippen molar-refractivity contribution >= 4 is 35.3 Å². The van der Waals surface area contributed by atoms with Gasteiger partial charge < -0.3 is 33.9 Å². The Labute approximate surface area is 435 Å². The van der Waals surface area contributed by atoms with E-state index in [0.717, 1.165) is 36.8 Å². The van der Waals surface area contributed by atoms with E-state index >= 15 is 0 Å². The standard InChI is InChI=1S/C34H40O7.C27H36O6/c1-20-16-25-24-13-12-22-17-23(40-28(36)21-10-8-7-9-11-21)14-15-31(22,5)34(24)27(41-34)18-32(25,6)33(20,38)26(35)19-39-29(37)30(2,3)4;1-15-11-19-18-8-7-16-12-17(28)9-10-24(16,5)27(18)21(33-27)13-25(19,6)26(15,31)20(29)14-32-22(30)23(2,3)4/h7-12,14-15,17,20,24-25,27,38H,13,16,18-19H2,1-6H3;9-10,12,15,18-19,21,31H,7-8,11,13-14H2,1-6H3/t20-,24?,25?,27+,31+,32+,33+,34-;15-,18?,19?,21+,24+,25+,26+,27-/m11/s1. The number of benzene rings is 1. The zero-order valence-corrected chi connectivity index (χ0v) is 45.3. The summed E-state index contributed by atoms with van der Waals surface area (Å²) in [6, 6.07) is 8.93. The second kappa shape index (κ2) is 16.8. The first-order valence-electron chi connectivity index (χ1n) is 26.9. The molecule has 0 radical (unpaired) electrons. The fourth-order valence-electron chi connectivity index (χ4n) is 16.6. The molecule has 2 saturated heterocycles. The summed E-state index contributed by atoms with van der Waals surface area (Å²) in [6.45, 7) is 21.9. The topological polar surface area (TPSA) is 196 Å². The molecule has 7 fully saturated rings. The predicted molar refractivity (Wildman–Crippen MR) is 272 cm³/mol. The Morgan fingerprint density at radius 1 is 0.676 bits per heavy atom. The van der Waals surface area contributed by atoms with Crippen LogP contribution in [0.15, 0.2) is 89.8 Å². The van der Waals surface area contributed by atoms with Gasteiger partial charge >= 0.3 is 17.9 Å². The van der Waals surface area contributed by atoms with Crippen molar-refractivity contribution in [1.82, 2.24) is 0 Å². The van der Waals surface area contributed by atoms with E-state index in [1.165, 1.54) is 0 Å². The van der Waals surface area contributed by atoms with Crippen LogP contribution in [-0.4, -0.2) is 93.3 Å². The van der Waals surface area contributed by atoms with E-state index in [9.17, 15) is 39.0 Å². The lowest BCUT2D eigenvalue weighted by Crippen LogP contribution is -2.62. The van der Waals surface area contributed by atoms with Crippen molar-refractivity contribution in [3.8, 4) is 0 Å². The third kappa shape index (κ3) is 7.13. The van der Waals surface area contributed by atoms with Crippen molar-refractivity contribution in [3.63, 3.8) is 0 Å². The van der Waals surface area contributed by atoms with Crippen molar-refractivity contribution in [3.05, 3.63) is 95.3 Å². The molecule has 0 aromatic heterocycles. The Bertz CT molecular complexity index is 2770. The summed E-state index contributed by atoms with van der Waals surface area (Å²) in [5.74, 6) is -1.66. The molecular weight excluding hydrogens is 941 g/mol. The fourth-order valence-corrected chi connectivity index (χ4v) is 16.6. The average molecular weight is 1020 g/mol. The molecule has 0 bridgehead atoms. The second-order valence-electron chi connectivity index (χ2n) is 26.7. The minimum atomic E-state index is -1.61. The van der Waals surface area contributed by atoms with Gasteiger partial charge in [-0.05, 0) is 178 Å². The maximum absolute atomic E-state index is 13.6. The highest BCUT2D eigenvalue weighted by atomic mass is 16.6. The summed E-state index contributed by atoms with van der Waals surface area (Å²) in [7, 11) is 0. The highest BCUT2D eigenvalue weighted by Crippen LogP contribution is 2.78. The molecule has 2 aliphatic heterocycles. The molecule has 10 aliphatic rings. The minimum Gasteiger partial charge on any atom is -0.457 e. The van der Waals surface area contributed by atoms with Crippen LogP contribution in [0.2, 0.25) is 0 Å². The van der Waals surface area contributed by atoms with E-state index in [1.54, 1.807) is 78.0 Å².